The third-order valence-corrected chi connectivity index (χ3v) is 4.78. The number of carbonyl (C=O) groups is 1. The summed E-state index contributed by atoms with van der Waals surface area (Å²) in [5.41, 5.74) is 3.68. The van der Waals surface area contributed by atoms with Gasteiger partial charge in [0.1, 0.15) is 0 Å². The van der Waals surface area contributed by atoms with E-state index in [-0.39, 0.29) is 5.97 Å². The first kappa shape index (κ1) is 17.0. The summed E-state index contributed by atoms with van der Waals surface area (Å²) in [6.07, 6.45) is 2.04. The van der Waals surface area contributed by atoms with Crippen LogP contribution in [0, 0.1) is 0 Å². The Morgan fingerprint density at radius 1 is 1.25 bits per heavy atom. The fourth-order valence-corrected chi connectivity index (χ4v) is 3.32. The summed E-state index contributed by atoms with van der Waals surface area (Å²) in [5.74, 6) is -0.304. The van der Waals surface area contributed by atoms with Crippen molar-refractivity contribution < 1.29 is 14.3 Å². The van der Waals surface area contributed by atoms with E-state index in [2.05, 4.69) is 33.0 Å². The van der Waals surface area contributed by atoms with E-state index in [1.54, 1.807) is 0 Å². The zero-order valence-electron chi connectivity index (χ0n) is 13.9. The Morgan fingerprint density at radius 2 is 1.92 bits per heavy atom. The van der Waals surface area contributed by atoms with Gasteiger partial charge in [0.25, 0.3) is 0 Å². The number of hydrogen-bond acceptors (Lipinski definition) is 4. The van der Waals surface area contributed by atoms with Crippen LogP contribution in [-0.4, -0.2) is 43.9 Å². The average molecular weight is 393 g/mol. The number of aromatic nitrogens is 1. The molecule has 2 heterocycles. The van der Waals surface area contributed by atoms with Crippen LogP contribution in [0.3, 0.4) is 0 Å². The molecule has 1 saturated heterocycles. The third kappa shape index (κ3) is 3.21. The predicted molar refractivity (Wildman–Crippen MR) is 97.6 cm³/mol. The van der Waals surface area contributed by atoms with E-state index in [4.69, 9.17) is 9.47 Å². The van der Waals surface area contributed by atoms with Crippen LogP contribution in [0.5, 0.6) is 0 Å². The highest BCUT2D eigenvalue weighted by Gasteiger charge is 2.27. The first-order chi connectivity index (χ1) is 11.7. The second-order valence-corrected chi connectivity index (χ2v) is 6.54. The summed E-state index contributed by atoms with van der Waals surface area (Å²) < 4.78 is 13.5. The maximum absolute atomic E-state index is 12.4. The molecule has 1 aromatic carbocycles. The van der Waals surface area contributed by atoms with Crippen molar-refractivity contribution in [1.82, 2.24) is 4.57 Å². The maximum Gasteiger partial charge on any atom is 0.356 e. The largest absolute Gasteiger partial charge is 0.464 e. The molecule has 5 nitrogen and oxygen atoms in total. The van der Waals surface area contributed by atoms with Crippen LogP contribution in [0.15, 0.2) is 34.9 Å². The Morgan fingerprint density at radius 3 is 2.50 bits per heavy atom. The molecule has 1 aromatic heterocycles. The summed E-state index contributed by atoms with van der Waals surface area (Å²) >= 11 is 3.47. The Kier molecular flexibility index (Phi) is 5.26. The van der Waals surface area contributed by atoms with Crippen molar-refractivity contribution in [3.05, 3.63) is 40.6 Å². The van der Waals surface area contributed by atoms with Crippen molar-refractivity contribution in [3.63, 3.8) is 0 Å². The number of hydrogen-bond donors (Lipinski definition) is 0. The summed E-state index contributed by atoms with van der Waals surface area (Å²) in [6, 6.07) is 8.15. The maximum atomic E-state index is 12.4. The quantitative estimate of drug-likeness (QED) is 0.746. The van der Waals surface area contributed by atoms with Gasteiger partial charge < -0.3 is 18.9 Å². The van der Waals surface area contributed by atoms with Crippen molar-refractivity contribution in [1.29, 1.82) is 0 Å². The molecule has 0 bridgehead atoms. The van der Waals surface area contributed by atoms with Gasteiger partial charge in [0, 0.05) is 35.9 Å². The first-order valence-corrected chi connectivity index (χ1v) is 8.85. The number of aryl methyl sites for hydroxylation is 1. The normalized spacial score (nSPS) is 14.7. The van der Waals surface area contributed by atoms with Gasteiger partial charge in [-0.05, 0) is 24.6 Å². The minimum atomic E-state index is -0.304. The molecule has 3 rings (SSSR count). The van der Waals surface area contributed by atoms with Gasteiger partial charge in [0.05, 0.1) is 26.0 Å². The lowest BCUT2D eigenvalue weighted by atomic mass is 10.1. The zero-order valence-corrected chi connectivity index (χ0v) is 15.5. The summed E-state index contributed by atoms with van der Waals surface area (Å²) in [4.78, 5) is 14.7. The molecule has 24 heavy (non-hydrogen) atoms. The Hall–Kier alpha value is -1.79. The molecule has 0 radical (unpaired) electrons. The molecule has 0 aliphatic carbocycles. The molecule has 1 fully saturated rings. The lowest BCUT2D eigenvalue weighted by Gasteiger charge is -2.30. The number of halogens is 1. The van der Waals surface area contributed by atoms with Crippen molar-refractivity contribution in [2.45, 2.75) is 13.5 Å². The number of esters is 1. The SMILES string of the molecule is CCn1cc(-c2ccc(Br)cc2)c(N2CCOCC2)c1C(=O)OC. The van der Waals surface area contributed by atoms with Crippen molar-refractivity contribution in [2.75, 3.05) is 38.3 Å². The van der Waals surface area contributed by atoms with Crippen LogP contribution in [-0.2, 0) is 16.0 Å². The van der Waals surface area contributed by atoms with Crippen LogP contribution in [0.1, 0.15) is 17.4 Å². The molecule has 6 heteroatoms. The van der Waals surface area contributed by atoms with Crippen LogP contribution >= 0.6 is 15.9 Å². The smallest absolute Gasteiger partial charge is 0.356 e. The van der Waals surface area contributed by atoms with Crippen LogP contribution < -0.4 is 4.90 Å². The molecule has 0 spiro atoms. The van der Waals surface area contributed by atoms with Crippen molar-refractivity contribution in [2.24, 2.45) is 0 Å². The minimum Gasteiger partial charge on any atom is -0.464 e. The summed E-state index contributed by atoms with van der Waals surface area (Å²) in [6.45, 7) is 5.59. The molecule has 0 unspecified atom stereocenters. The lowest BCUT2D eigenvalue weighted by Crippen LogP contribution is -2.37. The molecule has 0 saturated carbocycles. The van der Waals surface area contributed by atoms with Gasteiger partial charge in [0.2, 0.25) is 0 Å². The fraction of sp³-hybridized carbons (Fsp3) is 0.389. The van der Waals surface area contributed by atoms with Gasteiger partial charge in [-0.2, -0.15) is 0 Å². The monoisotopic (exact) mass is 392 g/mol. The molecular formula is C18H21BrN2O3. The average Bonchev–Trinajstić information content (AvgIpc) is 3.02. The number of anilines is 1. The molecular weight excluding hydrogens is 372 g/mol. The molecule has 128 valence electrons. The zero-order chi connectivity index (χ0) is 17.1. The van der Waals surface area contributed by atoms with E-state index in [1.807, 2.05) is 29.8 Å². The van der Waals surface area contributed by atoms with Crippen LogP contribution in [0.4, 0.5) is 5.69 Å². The number of rotatable bonds is 4. The van der Waals surface area contributed by atoms with E-state index in [1.165, 1.54) is 7.11 Å². The number of benzene rings is 1. The molecule has 0 N–H and O–H groups in total. The second kappa shape index (κ2) is 7.40. The first-order valence-electron chi connectivity index (χ1n) is 8.05. The summed E-state index contributed by atoms with van der Waals surface area (Å²) in [5, 5.41) is 0. The highest BCUT2D eigenvalue weighted by molar-refractivity contribution is 9.10. The van der Waals surface area contributed by atoms with Gasteiger partial charge in [-0.3, -0.25) is 0 Å². The highest BCUT2D eigenvalue weighted by Crippen LogP contribution is 2.37. The molecule has 1 aliphatic rings. The molecule has 1 aliphatic heterocycles. The van der Waals surface area contributed by atoms with E-state index < -0.39 is 0 Å². The molecule has 0 atom stereocenters. The molecule has 2 aromatic rings. The van der Waals surface area contributed by atoms with Gasteiger partial charge in [-0.25, -0.2) is 4.79 Å². The number of ether oxygens (including phenoxy) is 2. The third-order valence-electron chi connectivity index (χ3n) is 4.25. The number of nitrogens with zero attached hydrogens (tertiary/aromatic N) is 2. The van der Waals surface area contributed by atoms with E-state index >= 15 is 0 Å². The van der Waals surface area contributed by atoms with E-state index in [9.17, 15) is 4.79 Å². The number of carbonyl (C=O) groups excluding carboxylic acids is 1. The topological polar surface area (TPSA) is 43.7 Å². The number of morpholine rings is 1. The Labute approximate surface area is 150 Å². The van der Waals surface area contributed by atoms with Crippen molar-refractivity contribution >= 4 is 27.6 Å². The number of methoxy groups -OCH3 is 1. The molecule has 0 amide bonds. The van der Waals surface area contributed by atoms with E-state index in [0.717, 1.165) is 34.4 Å². The van der Waals surface area contributed by atoms with E-state index in [0.29, 0.717) is 25.5 Å². The second-order valence-electron chi connectivity index (χ2n) is 5.62. The predicted octanol–water partition coefficient (Wildman–Crippen LogP) is 3.56. The lowest BCUT2D eigenvalue weighted by molar-refractivity contribution is 0.0588. The van der Waals surface area contributed by atoms with Gasteiger partial charge >= 0.3 is 5.97 Å². The highest BCUT2D eigenvalue weighted by atomic mass is 79.9. The van der Waals surface area contributed by atoms with Crippen molar-refractivity contribution in [3.8, 4) is 11.1 Å². The Bertz CT molecular complexity index is 719. The van der Waals surface area contributed by atoms with Gasteiger partial charge in [-0.15, -0.1) is 0 Å². The standard InChI is InChI=1S/C18H21BrN2O3/c1-3-20-12-15(13-4-6-14(19)7-5-13)16(17(20)18(22)23-2)21-8-10-24-11-9-21/h4-7,12H,3,8-11H2,1-2H3. The van der Waals surface area contributed by atoms with Crippen LogP contribution in [0.25, 0.3) is 11.1 Å². The van der Waals surface area contributed by atoms with Gasteiger partial charge in [-0.1, -0.05) is 28.1 Å². The summed E-state index contributed by atoms with van der Waals surface area (Å²) in [7, 11) is 1.43. The minimum absolute atomic E-state index is 0.304. The Balaban J connectivity index is 2.17. The fourth-order valence-electron chi connectivity index (χ4n) is 3.05. The van der Waals surface area contributed by atoms with Crippen LogP contribution in [0.2, 0.25) is 0 Å². The van der Waals surface area contributed by atoms with Gasteiger partial charge in [0.15, 0.2) is 5.69 Å².